The van der Waals surface area contributed by atoms with E-state index in [9.17, 15) is 8.78 Å². The molecule has 0 aliphatic heterocycles. The van der Waals surface area contributed by atoms with E-state index in [1.54, 1.807) is 24.3 Å². The zero-order valence-corrected chi connectivity index (χ0v) is 12.2. The summed E-state index contributed by atoms with van der Waals surface area (Å²) in [5.41, 5.74) is 1.02. The molecule has 0 fully saturated rings. The minimum atomic E-state index is -2.78. The van der Waals surface area contributed by atoms with Crippen LogP contribution in [-0.4, -0.2) is 26.4 Å². The molecule has 0 aliphatic carbocycles. The van der Waals surface area contributed by atoms with Crippen molar-refractivity contribution in [1.82, 2.24) is 5.32 Å². The van der Waals surface area contributed by atoms with Crippen LogP contribution in [0.15, 0.2) is 24.3 Å². The molecule has 0 saturated heterocycles. The Labute approximate surface area is 119 Å². The van der Waals surface area contributed by atoms with Gasteiger partial charge in [0.15, 0.2) is 0 Å². The molecule has 1 rings (SSSR count). The fraction of sp³-hybridized carbons (Fsp3) is 0.600. The van der Waals surface area contributed by atoms with Crippen LogP contribution in [0.5, 0.6) is 5.75 Å². The fourth-order valence-electron chi connectivity index (χ4n) is 1.72. The number of hydrogen-bond donors (Lipinski definition) is 1. The summed E-state index contributed by atoms with van der Waals surface area (Å²) >= 11 is 0. The summed E-state index contributed by atoms with van der Waals surface area (Å²) in [6.45, 7) is 5.63. The number of benzene rings is 1. The van der Waals surface area contributed by atoms with Gasteiger partial charge in [-0.1, -0.05) is 26.0 Å². The first kappa shape index (κ1) is 16.9. The molecule has 114 valence electrons. The van der Waals surface area contributed by atoms with Gasteiger partial charge < -0.3 is 14.8 Å². The van der Waals surface area contributed by atoms with Gasteiger partial charge in [-0.2, -0.15) is 8.78 Å². The normalized spacial score (nSPS) is 12.9. The molecule has 3 nitrogen and oxygen atoms in total. The molecule has 20 heavy (non-hydrogen) atoms. The number of hydrogen-bond acceptors (Lipinski definition) is 3. The maximum absolute atomic E-state index is 12.0. The van der Waals surface area contributed by atoms with Crippen molar-refractivity contribution in [3.8, 4) is 5.75 Å². The minimum Gasteiger partial charge on any atom is -0.435 e. The Kier molecular flexibility index (Phi) is 7.47. The smallest absolute Gasteiger partial charge is 0.387 e. The van der Waals surface area contributed by atoms with E-state index in [1.807, 2.05) is 6.92 Å². The summed E-state index contributed by atoms with van der Waals surface area (Å²) in [6.07, 6.45) is 0. The largest absolute Gasteiger partial charge is 0.435 e. The van der Waals surface area contributed by atoms with Crippen molar-refractivity contribution in [3.63, 3.8) is 0 Å². The van der Waals surface area contributed by atoms with E-state index < -0.39 is 6.61 Å². The van der Waals surface area contributed by atoms with Gasteiger partial charge in [-0.15, -0.1) is 0 Å². The van der Waals surface area contributed by atoms with Gasteiger partial charge in [0, 0.05) is 19.2 Å². The molecule has 0 aliphatic rings. The van der Waals surface area contributed by atoms with Crippen molar-refractivity contribution in [2.45, 2.75) is 33.4 Å². The summed E-state index contributed by atoms with van der Waals surface area (Å²) in [4.78, 5) is 0. The highest BCUT2D eigenvalue weighted by molar-refractivity contribution is 5.28. The van der Waals surface area contributed by atoms with Gasteiger partial charge in [0.1, 0.15) is 5.75 Å². The van der Waals surface area contributed by atoms with Crippen LogP contribution in [0.1, 0.15) is 32.4 Å². The van der Waals surface area contributed by atoms with Gasteiger partial charge in [-0.3, -0.25) is 0 Å². The van der Waals surface area contributed by atoms with Crippen molar-refractivity contribution in [2.75, 3.05) is 19.8 Å². The van der Waals surface area contributed by atoms with Crippen LogP contribution < -0.4 is 10.1 Å². The summed E-state index contributed by atoms with van der Waals surface area (Å²) < 4.78 is 33.8. The van der Waals surface area contributed by atoms with Crippen LogP contribution in [0.25, 0.3) is 0 Å². The SMILES string of the molecule is CC(C)COCCNC(C)c1ccc(OC(F)F)cc1. The highest BCUT2D eigenvalue weighted by Crippen LogP contribution is 2.18. The van der Waals surface area contributed by atoms with E-state index in [1.165, 1.54) is 0 Å². The van der Waals surface area contributed by atoms with Crippen molar-refractivity contribution in [3.05, 3.63) is 29.8 Å². The Morgan fingerprint density at radius 1 is 1.10 bits per heavy atom. The average Bonchev–Trinajstić information content (AvgIpc) is 2.38. The van der Waals surface area contributed by atoms with Gasteiger partial charge in [-0.05, 0) is 30.5 Å². The highest BCUT2D eigenvalue weighted by atomic mass is 19.3. The number of halogens is 2. The van der Waals surface area contributed by atoms with Gasteiger partial charge >= 0.3 is 6.61 Å². The predicted molar refractivity (Wildman–Crippen MR) is 75.1 cm³/mol. The Hall–Kier alpha value is -1.20. The predicted octanol–water partition coefficient (Wildman–Crippen LogP) is 3.61. The van der Waals surface area contributed by atoms with E-state index >= 15 is 0 Å². The Bertz CT molecular complexity index is 369. The minimum absolute atomic E-state index is 0.137. The standard InChI is InChI=1S/C15H23F2NO2/c1-11(2)10-19-9-8-18-12(3)13-4-6-14(7-5-13)20-15(16)17/h4-7,11-12,15,18H,8-10H2,1-3H3. The van der Waals surface area contributed by atoms with E-state index in [-0.39, 0.29) is 11.8 Å². The summed E-state index contributed by atoms with van der Waals surface area (Å²) in [6, 6.07) is 6.80. The molecular formula is C15H23F2NO2. The molecule has 0 spiro atoms. The zero-order chi connectivity index (χ0) is 15.0. The second-order valence-electron chi connectivity index (χ2n) is 5.09. The van der Waals surface area contributed by atoms with Gasteiger partial charge in [0.05, 0.1) is 6.61 Å². The second kappa shape index (κ2) is 8.87. The van der Waals surface area contributed by atoms with Crippen LogP contribution in [-0.2, 0) is 4.74 Å². The summed E-state index contributed by atoms with van der Waals surface area (Å²) in [5.74, 6) is 0.714. The van der Waals surface area contributed by atoms with E-state index in [0.717, 1.165) is 18.7 Å². The third kappa shape index (κ3) is 6.82. The summed E-state index contributed by atoms with van der Waals surface area (Å²) in [7, 11) is 0. The van der Waals surface area contributed by atoms with Gasteiger partial charge in [0.2, 0.25) is 0 Å². The molecule has 0 saturated carbocycles. The van der Waals surface area contributed by atoms with Crippen LogP contribution in [0, 0.1) is 5.92 Å². The first-order valence-corrected chi connectivity index (χ1v) is 6.85. The van der Waals surface area contributed by atoms with Crippen molar-refractivity contribution in [2.24, 2.45) is 5.92 Å². The third-order valence-corrected chi connectivity index (χ3v) is 2.75. The van der Waals surface area contributed by atoms with Gasteiger partial charge in [0.25, 0.3) is 0 Å². The molecule has 0 heterocycles. The number of alkyl halides is 2. The Morgan fingerprint density at radius 2 is 1.75 bits per heavy atom. The molecule has 1 N–H and O–H groups in total. The lowest BCUT2D eigenvalue weighted by molar-refractivity contribution is -0.0498. The Morgan fingerprint density at radius 3 is 2.30 bits per heavy atom. The maximum atomic E-state index is 12.0. The van der Waals surface area contributed by atoms with Crippen molar-refractivity contribution >= 4 is 0 Å². The van der Waals surface area contributed by atoms with Gasteiger partial charge in [-0.25, -0.2) is 0 Å². The fourth-order valence-corrected chi connectivity index (χ4v) is 1.72. The van der Waals surface area contributed by atoms with E-state index in [0.29, 0.717) is 12.5 Å². The van der Waals surface area contributed by atoms with E-state index in [4.69, 9.17) is 4.74 Å². The van der Waals surface area contributed by atoms with Crippen molar-refractivity contribution < 1.29 is 18.3 Å². The first-order valence-electron chi connectivity index (χ1n) is 6.85. The molecule has 1 aromatic rings. The second-order valence-corrected chi connectivity index (χ2v) is 5.09. The lowest BCUT2D eigenvalue weighted by Gasteiger charge is -2.15. The highest BCUT2D eigenvalue weighted by Gasteiger charge is 2.07. The Balaban J connectivity index is 2.30. The molecule has 5 heteroatoms. The van der Waals surface area contributed by atoms with Crippen molar-refractivity contribution in [1.29, 1.82) is 0 Å². The molecular weight excluding hydrogens is 264 g/mol. The quantitative estimate of drug-likeness (QED) is 0.704. The molecule has 0 amide bonds. The zero-order valence-electron chi connectivity index (χ0n) is 12.2. The lowest BCUT2D eigenvalue weighted by atomic mass is 10.1. The third-order valence-electron chi connectivity index (χ3n) is 2.75. The first-order chi connectivity index (χ1) is 9.49. The topological polar surface area (TPSA) is 30.5 Å². The molecule has 0 aromatic heterocycles. The molecule has 1 aromatic carbocycles. The van der Waals surface area contributed by atoms with Crippen LogP contribution in [0.4, 0.5) is 8.78 Å². The maximum Gasteiger partial charge on any atom is 0.387 e. The average molecular weight is 287 g/mol. The summed E-state index contributed by atoms with van der Waals surface area (Å²) in [5, 5.41) is 3.32. The van der Waals surface area contributed by atoms with Crippen LogP contribution >= 0.6 is 0 Å². The number of nitrogens with one attached hydrogen (secondary N) is 1. The molecule has 1 atom stereocenters. The lowest BCUT2D eigenvalue weighted by Crippen LogP contribution is -2.23. The van der Waals surface area contributed by atoms with Crippen LogP contribution in [0.2, 0.25) is 0 Å². The molecule has 1 unspecified atom stereocenters. The number of rotatable bonds is 9. The number of ether oxygens (including phenoxy) is 2. The van der Waals surface area contributed by atoms with E-state index in [2.05, 4.69) is 23.9 Å². The molecule has 0 radical (unpaired) electrons. The molecule has 0 bridgehead atoms. The van der Waals surface area contributed by atoms with Crippen LogP contribution in [0.3, 0.4) is 0 Å². The monoisotopic (exact) mass is 287 g/mol.